The standard InChI is InChI=1S/C13H17BrN4O/c1-18-8-10(7-16-18)13(17-15)6-9-5-11(19-2)3-4-12(9)14/h3-5,7-8,13,17H,6,15H2,1-2H3. The van der Waals surface area contributed by atoms with Crippen LogP contribution in [0, 0.1) is 0 Å². The zero-order valence-electron chi connectivity index (χ0n) is 10.9. The van der Waals surface area contributed by atoms with Crippen LogP contribution in [0.2, 0.25) is 0 Å². The third kappa shape index (κ3) is 3.34. The van der Waals surface area contributed by atoms with Crippen LogP contribution in [-0.2, 0) is 13.5 Å². The normalized spacial score (nSPS) is 12.4. The highest BCUT2D eigenvalue weighted by atomic mass is 79.9. The highest BCUT2D eigenvalue weighted by Gasteiger charge is 2.14. The van der Waals surface area contributed by atoms with Gasteiger partial charge in [-0.25, -0.2) is 0 Å². The first-order valence-electron chi connectivity index (χ1n) is 5.91. The van der Waals surface area contributed by atoms with Gasteiger partial charge in [0.25, 0.3) is 0 Å². The molecule has 0 aliphatic carbocycles. The maximum Gasteiger partial charge on any atom is 0.119 e. The summed E-state index contributed by atoms with van der Waals surface area (Å²) in [7, 11) is 3.55. The van der Waals surface area contributed by atoms with Crippen LogP contribution in [0.1, 0.15) is 17.2 Å². The fourth-order valence-electron chi connectivity index (χ4n) is 1.95. The largest absolute Gasteiger partial charge is 0.497 e. The summed E-state index contributed by atoms with van der Waals surface area (Å²) in [5.41, 5.74) is 5.02. The SMILES string of the molecule is COc1ccc(Br)c(CC(NN)c2cnn(C)c2)c1. The van der Waals surface area contributed by atoms with Gasteiger partial charge < -0.3 is 4.74 Å². The zero-order valence-corrected chi connectivity index (χ0v) is 12.5. The van der Waals surface area contributed by atoms with E-state index in [0.717, 1.165) is 27.8 Å². The van der Waals surface area contributed by atoms with E-state index in [1.54, 1.807) is 11.8 Å². The van der Waals surface area contributed by atoms with Crippen molar-refractivity contribution in [3.05, 3.63) is 46.2 Å². The van der Waals surface area contributed by atoms with Crippen LogP contribution in [-0.4, -0.2) is 16.9 Å². The molecule has 19 heavy (non-hydrogen) atoms. The number of benzene rings is 1. The van der Waals surface area contributed by atoms with Gasteiger partial charge in [0, 0.05) is 23.3 Å². The Morgan fingerprint density at radius 2 is 2.32 bits per heavy atom. The molecule has 0 aliphatic rings. The Morgan fingerprint density at radius 1 is 1.53 bits per heavy atom. The minimum atomic E-state index is 0.0112. The van der Waals surface area contributed by atoms with E-state index in [1.165, 1.54) is 0 Å². The fraction of sp³-hybridized carbons (Fsp3) is 0.308. The summed E-state index contributed by atoms with van der Waals surface area (Å²) >= 11 is 3.55. The molecule has 2 rings (SSSR count). The Labute approximate surface area is 120 Å². The van der Waals surface area contributed by atoms with Crippen molar-refractivity contribution in [3.8, 4) is 5.75 Å². The van der Waals surface area contributed by atoms with E-state index in [1.807, 2.05) is 37.6 Å². The number of halogens is 1. The predicted octanol–water partition coefficient (Wildman–Crippen LogP) is 1.94. The lowest BCUT2D eigenvalue weighted by Crippen LogP contribution is -2.29. The quantitative estimate of drug-likeness (QED) is 0.651. The minimum absolute atomic E-state index is 0.0112. The molecular formula is C13H17BrN4O. The average molecular weight is 325 g/mol. The summed E-state index contributed by atoms with van der Waals surface area (Å²) in [5, 5.41) is 4.17. The molecule has 5 nitrogen and oxygen atoms in total. The second-order valence-corrected chi connectivity index (χ2v) is 5.18. The molecule has 0 aliphatic heterocycles. The van der Waals surface area contributed by atoms with Crippen LogP contribution in [0.3, 0.4) is 0 Å². The second-order valence-electron chi connectivity index (χ2n) is 4.33. The third-order valence-electron chi connectivity index (χ3n) is 3.01. The smallest absolute Gasteiger partial charge is 0.119 e. The summed E-state index contributed by atoms with van der Waals surface area (Å²) in [6.07, 6.45) is 4.52. The number of aromatic nitrogens is 2. The molecule has 3 N–H and O–H groups in total. The van der Waals surface area contributed by atoms with E-state index in [2.05, 4.69) is 26.5 Å². The molecule has 1 atom stereocenters. The molecule has 0 fully saturated rings. The number of nitrogens with one attached hydrogen (secondary N) is 1. The number of hydrogen-bond donors (Lipinski definition) is 2. The molecule has 0 saturated carbocycles. The van der Waals surface area contributed by atoms with Crippen LogP contribution in [0.15, 0.2) is 35.1 Å². The van der Waals surface area contributed by atoms with Crippen LogP contribution < -0.4 is 16.0 Å². The van der Waals surface area contributed by atoms with Crippen LogP contribution in [0.5, 0.6) is 5.75 Å². The van der Waals surface area contributed by atoms with Crippen molar-refractivity contribution in [2.75, 3.05) is 7.11 Å². The molecule has 0 amide bonds. The number of nitrogens with zero attached hydrogens (tertiary/aromatic N) is 2. The van der Waals surface area contributed by atoms with E-state index < -0.39 is 0 Å². The van der Waals surface area contributed by atoms with Crippen LogP contribution in [0.25, 0.3) is 0 Å². The molecular weight excluding hydrogens is 308 g/mol. The maximum atomic E-state index is 5.65. The number of nitrogens with two attached hydrogens (primary N) is 1. The van der Waals surface area contributed by atoms with Crippen molar-refractivity contribution in [1.82, 2.24) is 15.2 Å². The van der Waals surface area contributed by atoms with Crippen molar-refractivity contribution in [2.24, 2.45) is 12.9 Å². The van der Waals surface area contributed by atoms with E-state index in [0.29, 0.717) is 0 Å². The molecule has 1 heterocycles. The first kappa shape index (κ1) is 14.0. The molecule has 0 spiro atoms. The van der Waals surface area contributed by atoms with Gasteiger partial charge in [0.1, 0.15) is 5.75 Å². The summed E-state index contributed by atoms with van der Waals surface area (Å²) in [6, 6.07) is 5.91. The predicted molar refractivity (Wildman–Crippen MR) is 77.7 cm³/mol. The Morgan fingerprint density at radius 3 is 2.89 bits per heavy atom. The molecule has 2 aromatic rings. The first-order valence-corrected chi connectivity index (χ1v) is 6.70. The van der Waals surface area contributed by atoms with Gasteiger partial charge in [-0.1, -0.05) is 15.9 Å². The highest BCUT2D eigenvalue weighted by molar-refractivity contribution is 9.10. The van der Waals surface area contributed by atoms with Crippen LogP contribution >= 0.6 is 15.9 Å². The average Bonchev–Trinajstić information content (AvgIpc) is 2.84. The van der Waals surface area contributed by atoms with Crippen molar-refractivity contribution in [2.45, 2.75) is 12.5 Å². The molecule has 1 aromatic heterocycles. The lowest BCUT2D eigenvalue weighted by Gasteiger charge is -2.16. The van der Waals surface area contributed by atoms with E-state index in [4.69, 9.17) is 10.6 Å². The molecule has 6 heteroatoms. The Kier molecular flexibility index (Phi) is 4.57. The number of aryl methyl sites for hydroxylation is 1. The number of hydrazine groups is 1. The Hall–Kier alpha value is -1.37. The molecule has 102 valence electrons. The number of ether oxygens (including phenoxy) is 1. The Balaban J connectivity index is 2.23. The molecule has 0 radical (unpaired) electrons. The number of methoxy groups -OCH3 is 1. The van der Waals surface area contributed by atoms with E-state index in [9.17, 15) is 0 Å². The first-order chi connectivity index (χ1) is 9.13. The third-order valence-corrected chi connectivity index (χ3v) is 3.78. The van der Waals surface area contributed by atoms with E-state index in [-0.39, 0.29) is 6.04 Å². The van der Waals surface area contributed by atoms with Crippen LogP contribution in [0.4, 0.5) is 0 Å². The van der Waals surface area contributed by atoms with Gasteiger partial charge in [-0.15, -0.1) is 0 Å². The maximum absolute atomic E-state index is 5.65. The van der Waals surface area contributed by atoms with Gasteiger partial charge in [-0.2, -0.15) is 5.10 Å². The Bertz CT molecular complexity index is 555. The fourth-order valence-corrected chi connectivity index (χ4v) is 2.36. The summed E-state index contributed by atoms with van der Waals surface area (Å²) in [4.78, 5) is 0. The van der Waals surface area contributed by atoms with Crippen molar-refractivity contribution in [1.29, 1.82) is 0 Å². The number of rotatable bonds is 5. The minimum Gasteiger partial charge on any atom is -0.497 e. The summed E-state index contributed by atoms with van der Waals surface area (Å²) in [5.74, 6) is 6.48. The zero-order chi connectivity index (χ0) is 13.8. The molecule has 0 saturated heterocycles. The van der Waals surface area contributed by atoms with Gasteiger partial charge in [0.2, 0.25) is 0 Å². The topological polar surface area (TPSA) is 65.1 Å². The van der Waals surface area contributed by atoms with Gasteiger partial charge >= 0.3 is 0 Å². The van der Waals surface area contributed by atoms with Gasteiger partial charge in [-0.3, -0.25) is 16.0 Å². The van der Waals surface area contributed by atoms with Crippen molar-refractivity contribution >= 4 is 15.9 Å². The summed E-state index contributed by atoms with van der Waals surface area (Å²) < 4.78 is 8.05. The lowest BCUT2D eigenvalue weighted by molar-refractivity contribution is 0.413. The summed E-state index contributed by atoms with van der Waals surface area (Å²) in [6.45, 7) is 0. The monoisotopic (exact) mass is 324 g/mol. The van der Waals surface area contributed by atoms with Gasteiger partial charge in [0.15, 0.2) is 0 Å². The van der Waals surface area contributed by atoms with E-state index >= 15 is 0 Å². The molecule has 0 bridgehead atoms. The molecule has 1 unspecified atom stereocenters. The van der Waals surface area contributed by atoms with Gasteiger partial charge in [0.05, 0.1) is 19.3 Å². The molecule has 1 aromatic carbocycles. The highest BCUT2D eigenvalue weighted by Crippen LogP contribution is 2.27. The van der Waals surface area contributed by atoms with Gasteiger partial charge in [-0.05, 0) is 30.2 Å². The number of hydrogen-bond acceptors (Lipinski definition) is 4. The second kappa shape index (κ2) is 6.18. The van der Waals surface area contributed by atoms with Crippen molar-refractivity contribution in [3.63, 3.8) is 0 Å². The van der Waals surface area contributed by atoms with Crippen molar-refractivity contribution < 1.29 is 4.74 Å². The lowest BCUT2D eigenvalue weighted by atomic mass is 10.0.